The summed E-state index contributed by atoms with van der Waals surface area (Å²) >= 11 is 0. The topological polar surface area (TPSA) is 104 Å². The number of aromatic nitrogens is 1. The monoisotopic (exact) mass is 472 g/mol. The number of carboxylic acid groups (broad SMARTS) is 1. The van der Waals surface area contributed by atoms with E-state index in [4.69, 9.17) is 25.1 Å². The third-order valence-electron chi connectivity index (χ3n) is 4.83. The van der Waals surface area contributed by atoms with Crippen LogP contribution in [-0.4, -0.2) is 28.8 Å². The number of benzene rings is 2. The van der Waals surface area contributed by atoms with Crippen LogP contribution in [0.1, 0.15) is 32.3 Å². The van der Waals surface area contributed by atoms with Crippen LogP contribution in [0.5, 0.6) is 23.3 Å². The van der Waals surface area contributed by atoms with Crippen LogP contribution in [0.25, 0.3) is 11.1 Å². The van der Waals surface area contributed by atoms with Gasteiger partial charge in [0.25, 0.3) is 11.8 Å². The van der Waals surface area contributed by atoms with Crippen molar-refractivity contribution in [2.24, 2.45) is 5.73 Å². The lowest BCUT2D eigenvalue weighted by atomic mass is 10.0. The number of hydrogen-bond acceptors (Lipinski definition) is 6. The SMILES string of the molecule is CCCOc1cc(Oc2nc(OC(CC)C(=O)O)c(F)cc2F)cc(-c2cccc(CN)c2)c1. The Kier molecular flexibility index (Phi) is 8.37. The van der Waals surface area contributed by atoms with Gasteiger partial charge < -0.3 is 25.1 Å². The van der Waals surface area contributed by atoms with Gasteiger partial charge in [0.1, 0.15) is 11.5 Å². The molecule has 3 aromatic rings. The molecule has 180 valence electrons. The number of aliphatic carboxylic acids is 1. The van der Waals surface area contributed by atoms with Gasteiger partial charge in [0.05, 0.1) is 6.61 Å². The molecule has 0 saturated heterocycles. The van der Waals surface area contributed by atoms with Crippen molar-refractivity contribution >= 4 is 5.97 Å². The highest BCUT2D eigenvalue weighted by Crippen LogP contribution is 2.34. The Morgan fingerprint density at radius 2 is 1.76 bits per heavy atom. The normalized spacial score (nSPS) is 11.7. The summed E-state index contributed by atoms with van der Waals surface area (Å²) in [6, 6.07) is 13.2. The van der Waals surface area contributed by atoms with Crippen LogP contribution in [0.3, 0.4) is 0 Å². The van der Waals surface area contributed by atoms with Gasteiger partial charge in [-0.2, -0.15) is 4.98 Å². The summed E-state index contributed by atoms with van der Waals surface area (Å²) < 4.78 is 45.2. The van der Waals surface area contributed by atoms with Gasteiger partial charge in [-0.05, 0) is 47.7 Å². The molecule has 0 spiro atoms. The molecule has 1 atom stereocenters. The molecule has 1 heterocycles. The van der Waals surface area contributed by atoms with Gasteiger partial charge in [-0.15, -0.1) is 0 Å². The molecule has 1 unspecified atom stereocenters. The highest BCUT2D eigenvalue weighted by atomic mass is 19.1. The maximum atomic E-state index is 14.5. The van der Waals surface area contributed by atoms with Crippen molar-refractivity contribution in [2.75, 3.05) is 6.61 Å². The Morgan fingerprint density at radius 3 is 2.44 bits per heavy atom. The van der Waals surface area contributed by atoms with E-state index in [1.165, 1.54) is 0 Å². The summed E-state index contributed by atoms with van der Waals surface area (Å²) in [7, 11) is 0. The number of pyridine rings is 1. The van der Waals surface area contributed by atoms with E-state index in [1.54, 1.807) is 19.1 Å². The molecule has 0 amide bonds. The number of nitrogens with zero attached hydrogens (tertiary/aromatic N) is 1. The molecule has 0 aliphatic rings. The molecule has 1 aromatic heterocycles. The first-order valence-electron chi connectivity index (χ1n) is 10.8. The van der Waals surface area contributed by atoms with E-state index < -0.39 is 35.5 Å². The molecule has 7 nitrogen and oxygen atoms in total. The molecule has 0 bridgehead atoms. The highest BCUT2D eigenvalue weighted by Gasteiger charge is 2.22. The predicted molar refractivity (Wildman–Crippen MR) is 122 cm³/mol. The van der Waals surface area contributed by atoms with Gasteiger partial charge in [-0.1, -0.05) is 32.0 Å². The van der Waals surface area contributed by atoms with Crippen LogP contribution in [0.2, 0.25) is 0 Å². The molecular weight excluding hydrogens is 446 g/mol. The third-order valence-corrected chi connectivity index (χ3v) is 4.83. The molecule has 2 aromatic carbocycles. The lowest BCUT2D eigenvalue weighted by Crippen LogP contribution is -2.26. The Hall–Kier alpha value is -3.72. The number of ether oxygens (including phenoxy) is 3. The van der Waals surface area contributed by atoms with Crippen molar-refractivity contribution in [1.82, 2.24) is 4.98 Å². The van der Waals surface area contributed by atoms with E-state index in [2.05, 4.69) is 4.98 Å². The fraction of sp³-hybridized carbons (Fsp3) is 0.280. The van der Waals surface area contributed by atoms with Crippen LogP contribution in [0.4, 0.5) is 8.78 Å². The summed E-state index contributed by atoms with van der Waals surface area (Å²) in [5, 5.41) is 9.16. The molecule has 0 radical (unpaired) electrons. The van der Waals surface area contributed by atoms with E-state index >= 15 is 0 Å². The first-order chi connectivity index (χ1) is 16.3. The predicted octanol–water partition coefficient (Wildman–Crippen LogP) is 5.31. The number of carboxylic acids is 1. The first kappa shape index (κ1) is 24.9. The molecular formula is C25H26F2N2O5. The molecule has 0 saturated carbocycles. The molecule has 34 heavy (non-hydrogen) atoms. The molecule has 3 N–H and O–H groups in total. The second-order valence-electron chi connectivity index (χ2n) is 7.46. The number of halogens is 2. The fourth-order valence-corrected chi connectivity index (χ4v) is 3.12. The third kappa shape index (κ3) is 6.20. The van der Waals surface area contributed by atoms with Gasteiger partial charge in [0.2, 0.25) is 0 Å². The number of nitrogens with two attached hydrogens (primary N) is 1. The second kappa shape index (κ2) is 11.4. The summed E-state index contributed by atoms with van der Waals surface area (Å²) in [4.78, 5) is 15.0. The molecule has 9 heteroatoms. The maximum absolute atomic E-state index is 14.5. The zero-order valence-electron chi connectivity index (χ0n) is 18.9. The Bertz CT molecular complexity index is 1160. The second-order valence-corrected chi connectivity index (χ2v) is 7.46. The molecule has 3 rings (SSSR count). The van der Waals surface area contributed by atoms with Crippen molar-refractivity contribution in [1.29, 1.82) is 0 Å². The van der Waals surface area contributed by atoms with Crippen molar-refractivity contribution in [3.05, 3.63) is 65.7 Å². The quantitative estimate of drug-likeness (QED) is 0.390. The molecule has 0 aliphatic carbocycles. The number of hydrogen-bond donors (Lipinski definition) is 2. The Morgan fingerprint density at radius 1 is 1.03 bits per heavy atom. The van der Waals surface area contributed by atoms with Gasteiger partial charge >= 0.3 is 5.97 Å². The minimum atomic E-state index is -1.34. The van der Waals surface area contributed by atoms with Gasteiger partial charge in [0, 0.05) is 18.7 Å². The zero-order valence-corrected chi connectivity index (χ0v) is 18.9. The van der Waals surface area contributed by atoms with E-state index in [1.807, 2.05) is 37.3 Å². The highest BCUT2D eigenvalue weighted by molar-refractivity contribution is 5.72. The lowest BCUT2D eigenvalue weighted by Gasteiger charge is -2.15. The van der Waals surface area contributed by atoms with Crippen molar-refractivity contribution in [3.63, 3.8) is 0 Å². The van der Waals surface area contributed by atoms with E-state index in [-0.39, 0.29) is 12.2 Å². The van der Waals surface area contributed by atoms with Crippen LogP contribution in [0.15, 0.2) is 48.5 Å². The first-order valence-corrected chi connectivity index (χ1v) is 10.8. The minimum Gasteiger partial charge on any atom is -0.493 e. The van der Waals surface area contributed by atoms with Gasteiger partial charge in [-0.3, -0.25) is 0 Å². The Balaban J connectivity index is 1.99. The van der Waals surface area contributed by atoms with Gasteiger partial charge in [0.15, 0.2) is 17.7 Å². The van der Waals surface area contributed by atoms with E-state index in [0.717, 1.165) is 23.1 Å². The van der Waals surface area contributed by atoms with Crippen LogP contribution >= 0.6 is 0 Å². The largest absolute Gasteiger partial charge is 0.493 e. The number of rotatable bonds is 11. The summed E-state index contributed by atoms with van der Waals surface area (Å²) in [6.07, 6.45) is -0.501. The lowest BCUT2D eigenvalue weighted by molar-refractivity contribution is -0.145. The number of carbonyl (C=O) groups is 1. The maximum Gasteiger partial charge on any atom is 0.344 e. The summed E-state index contributed by atoms with van der Waals surface area (Å²) in [5.74, 6) is -4.05. The van der Waals surface area contributed by atoms with Crippen molar-refractivity contribution < 1.29 is 32.9 Å². The smallest absolute Gasteiger partial charge is 0.344 e. The summed E-state index contributed by atoms with van der Waals surface area (Å²) in [5.41, 5.74) is 8.26. The van der Waals surface area contributed by atoms with Gasteiger partial charge in [-0.25, -0.2) is 13.6 Å². The molecule has 0 aliphatic heterocycles. The average Bonchev–Trinajstić information content (AvgIpc) is 2.83. The standard InChI is InChI=1S/C25H26F2N2O5/c1-3-8-32-18-10-17(16-7-5-6-15(9-16)14-28)11-19(12-18)33-23-20(26)13-21(27)24(29-23)34-22(4-2)25(30)31/h5-7,9-13,22H,3-4,8,14,28H2,1-2H3,(H,30,31). The zero-order chi connectivity index (χ0) is 24.7. The van der Waals surface area contributed by atoms with E-state index in [9.17, 15) is 13.6 Å². The van der Waals surface area contributed by atoms with Crippen LogP contribution in [-0.2, 0) is 11.3 Å². The van der Waals surface area contributed by atoms with E-state index in [0.29, 0.717) is 25.0 Å². The molecule has 0 fully saturated rings. The van der Waals surface area contributed by atoms with Crippen molar-refractivity contribution in [3.8, 4) is 34.4 Å². The van der Waals surface area contributed by atoms with Crippen LogP contribution in [0, 0.1) is 11.6 Å². The van der Waals surface area contributed by atoms with Crippen LogP contribution < -0.4 is 19.9 Å². The minimum absolute atomic E-state index is 0.0616. The average molecular weight is 472 g/mol. The summed E-state index contributed by atoms with van der Waals surface area (Å²) in [6.45, 7) is 4.35. The fourth-order valence-electron chi connectivity index (χ4n) is 3.12. The Labute approximate surface area is 196 Å². The van der Waals surface area contributed by atoms with Crippen molar-refractivity contribution in [2.45, 2.75) is 39.3 Å².